The van der Waals surface area contributed by atoms with Gasteiger partial charge in [0.15, 0.2) is 33.6 Å². The van der Waals surface area contributed by atoms with Gasteiger partial charge < -0.3 is 18.9 Å². The highest BCUT2D eigenvalue weighted by Gasteiger charge is 2.51. The lowest BCUT2D eigenvalue weighted by atomic mass is 10.1. The highest BCUT2D eigenvalue weighted by molar-refractivity contribution is 7.91. The fourth-order valence-corrected chi connectivity index (χ4v) is 4.60. The molecule has 0 amide bonds. The molecular weight excluding hydrogens is 356 g/mol. The molecule has 1 heterocycles. The van der Waals surface area contributed by atoms with Gasteiger partial charge in [0.05, 0.1) is 12.4 Å². The van der Waals surface area contributed by atoms with E-state index in [2.05, 4.69) is 0 Å². The lowest BCUT2D eigenvalue weighted by Gasteiger charge is -2.40. The second-order valence-corrected chi connectivity index (χ2v) is 8.34. The highest BCUT2D eigenvalue weighted by Crippen LogP contribution is 2.28. The quantitative estimate of drug-likeness (QED) is 0.470. The largest absolute Gasteiger partial charge is 0.456 e. The number of sulfone groups is 1. The van der Waals surface area contributed by atoms with Gasteiger partial charge in [-0.15, -0.1) is 0 Å². The summed E-state index contributed by atoms with van der Waals surface area (Å²) in [6, 6.07) is 0. The van der Waals surface area contributed by atoms with Crippen molar-refractivity contribution in [2.75, 3.05) is 12.4 Å². The molecule has 25 heavy (non-hydrogen) atoms. The number of hydrogen-bond acceptors (Lipinski definition) is 9. The molecule has 0 N–H and O–H groups in total. The van der Waals surface area contributed by atoms with E-state index in [1.54, 1.807) is 13.8 Å². The molecule has 1 saturated heterocycles. The zero-order chi connectivity index (χ0) is 19.4. The maximum Gasteiger partial charge on any atom is 0.303 e. The zero-order valence-corrected chi connectivity index (χ0v) is 15.7. The highest BCUT2D eigenvalue weighted by atomic mass is 32.2. The Morgan fingerprint density at radius 3 is 1.88 bits per heavy atom. The molecule has 0 radical (unpaired) electrons. The Morgan fingerprint density at radius 2 is 1.44 bits per heavy atom. The normalized spacial score (nSPS) is 26.8. The van der Waals surface area contributed by atoms with Crippen molar-refractivity contribution in [3.05, 3.63) is 0 Å². The summed E-state index contributed by atoms with van der Waals surface area (Å²) in [6.07, 6.45) is -3.81. The average molecular weight is 380 g/mol. The SMILES string of the molecule is CC(=O)O[C@@H]1[C@H](OC(C)=O)C(S(=O)(=O)CC(C)C)OC[C@H]1OC(C)=O. The van der Waals surface area contributed by atoms with Crippen LogP contribution in [0, 0.1) is 5.92 Å². The second kappa shape index (κ2) is 8.61. The molecule has 0 aromatic heterocycles. The first kappa shape index (κ1) is 21.4. The molecule has 0 aromatic rings. The van der Waals surface area contributed by atoms with Gasteiger partial charge in [0, 0.05) is 20.8 Å². The predicted octanol–water partition coefficient (Wildman–Crippen LogP) is 0.209. The lowest BCUT2D eigenvalue weighted by molar-refractivity contribution is -0.214. The Labute approximate surface area is 146 Å². The van der Waals surface area contributed by atoms with Gasteiger partial charge in [-0.2, -0.15) is 0 Å². The molecule has 1 fully saturated rings. The first-order valence-corrected chi connectivity index (χ1v) is 9.50. The molecule has 10 heteroatoms. The summed E-state index contributed by atoms with van der Waals surface area (Å²) in [6.45, 7) is 6.47. The van der Waals surface area contributed by atoms with Crippen LogP contribution in [-0.4, -0.2) is 62.4 Å². The molecule has 0 bridgehead atoms. The summed E-state index contributed by atoms with van der Waals surface area (Å²) in [5.74, 6) is -2.58. The van der Waals surface area contributed by atoms with Crippen LogP contribution in [0.4, 0.5) is 0 Å². The van der Waals surface area contributed by atoms with E-state index in [0.717, 1.165) is 20.8 Å². The molecule has 0 saturated carbocycles. The van der Waals surface area contributed by atoms with Gasteiger partial charge in [0.1, 0.15) is 0 Å². The van der Waals surface area contributed by atoms with Crippen molar-refractivity contribution in [2.45, 2.75) is 58.4 Å². The Balaban J connectivity index is 3.24. The van der Waals surface area contributed by atoms with Crippen molar-refractivity contribution in [2.24, 2.45) is 5.92 Å². The topological polar surface area (TPSA) is 122 Å². The molecule has 0 aliphatic carbocycles. The van der Waals surface area contributed by atoms with Crippen molar-refractivity contribution in [1.82, 2.24) is 0 Å². The minimum atomic E-state index is -3.83. The summed E-state index contributed by atoms with van der Waals surface area (Å²) >= 11 is 0. The minimum Gasteiger partial charge on any atom is -0.456 e. The van der Waals surface area contributed by atoms with Crippen molar-refractivity contribution < 1.29 is 41.7 Å². The average Bonchev–Trinajstić information content (AvgIpc) is 2.38. The van der Waals surface area contributed by atoms with Crippen molar-refractivity contribution in [3.8, 4) is 0 Å². The van der Waals surface area contributed by atoms with Gasteiger partial charge in [0.25, 0.3) is 0 Å². The smallest absolute Gasteiger partial charge is 0.303 e. The van der Waals surface area contributed by atoms with Crippen LogP contribution in [0.15, 0.2) is 0 Å². The molecule has 1 aliphatic rings. The van der Waals surface area contributed by atoms with E-state index in [0.29, 0.717) is 0 Å². The summed E-state index contributed by atoms with van der Waals surface area (Å²) in [5.41, 5.74) is -1.52. The Kier molecular flexibility index (Phi) is 7.36. The number of rotatable bonds is 6. The second-order valence-electron chi connectivity index (χ2n) is 6.22. The van der Waals surface area contributed by atoms with Crippen LogP contribution in [-0.2, 0) is 43.2 Å². The molecule has 4 atom stereocenters. The van der Waals surface area contributed by atoms with Crippen LogP contribution in [0.1, 0.15) is 34.6 Å². The van der Waals surface area contributed by atoms with E-state index in [1.165, 1.54) is 0 Å². The summed E-state index contributed by atoms with van der Waals surface area (Å²) < 4.78 is 45.7. The van der Waals surface area contributed by atoms with Crippen molar-refractivity contribution >= 4 is 27.7 Å². The van der Waals surface area contributed by atoms with Gasteiger partial charge in [0.2, 0.25) is 0 Å². The van der Waals surface area contributed by atoms with Crippen LogP contribution in [0.25, 0.3) is 0 Å². The summed E-state index contributed by atoms with van der Waals surface area (Å²) in [5, 5.41) is 0. The van der Waals surface area contributed by atoms with E-state index in [4.69, 9.17) is 18.9 Å². The molecule has 1 aliphatic heterocycles. The molecule has 1 rings (SSSR count). The van der Waals surface area contributed by atoms with E-state index in [1.807, 2.05) is 0 Å². The molecule has 0 spiro atoms. The Hall–Kier alpha value is -1.68. The third-order valence-corrected chi connectivity index (χ3v) is 5.47. The van der Waals surface area contributed by atoms with E-state index in [-0.39, 0.29) is 18.3 Å². The number of hydrogen-bond donors (Lipinski definition) is 0. The van der Waals surface area contributed by atoms with Crippen LogP contribution in [0.2, 0.25) is 0 Å². The summed E-state index contributed by atoms with van der Waals surface area (Å²) in [7, 11) is -3.83. The van der Waals surface area contributed by atoms with Gasteiger partial charge in [-0.05, 0) is 5.92 Å². The fraction of sp³-hybridized carbons (Fsp3) is 0.800. The van der Waals surface area contributed by atoms with Gasteiger partial charge in [-0.1, -0.05) is 13.8 Å². The van der Waals surface area contributed by atoms with Crippen molar-refractivity contribution in [3.63, 3.8) is 0 Å². The molecule has 0 aromatic carbocycles. The molecule has 9 nitrogen and oxygen atoms in total. The number of carbonyl (C=O) groups excluding carboxylic acids is 3. The minimum absolute atomic E-state index is 0.190. The van der Waals surface area contributed by atoms with Crippen LogP contribution in [0.5, 0.6) is 0 Å². The maximum atomic E-state index is 12.6. The van der Waals surface area contributed by atoms with E-state index < -0.39 is 51.5 Å². The monoisotopic (exact) mass is 380 g/mol. The molecule has 1 unspecified atom stereocenters. The molecule has 144 valence electrons. The van der Waals surface area contributed by atoms with Crippen molar-refractivity contribution in [1.29, 1.82) is 0 Å². The number of carbonyl (C=O) groups is 3. The number of ether oxygens (including phenoxy) is 4. The standard InChI is InChI=1S/C15H24O9S/c1-8(2)7-25(19,20)15-14(24-11(5)18)13(23-10(4)17)12(6-21-15)22-9(3)16/h8,12-15H,6-7H2,1-5H3/t12-,13+,14+,15?/m1/s1. The summed E-state index contributed by atoms with van der Waals surface area (Å²) in [4.78, 5) is 34.1. The molecular formula is C15H24O9S. The predicted molar refractivity (Wildman–Crippen MR) is 85.0 cm³/mol. The van der Waals surface area contributed by atoms with Crippen LogP contribution < -0.4 is 0 Å². The van der Waals surface area contributed by atoms with E-state index >= 15 is 0 Å². The van der Waals surface area contributed by atoms with Crippen LogP contribution in [0.3, 0.4) is 0 Å². The lowest BCUT2D eigenvalue weighted by Crippen LogP contribution is -2.59. The zero-order valence-electron chi connectivity index (χ0n) is 14.9. The first-order valence-electron chi connectivity index (χ1n) is 7.79. The third-order valence-electron chi connectivity index (χ3n) is 3.22. The fourth-order valence-electron chi connectivity index (χ4n) is 2.58. The van der Waals surface area contributed by atoms with Gasteiger partial charge >= 0.3 is 17.9 Å². The Morgan fingerprint density at radius 1 is 0.960 bits per heavy atom. The Bertz CT molecular complexity index is 610. The van der Waals surface area contributed by atoms with Gasteiger partial charge in [-0.3, -0.25) is 14.4 Å². The van der Waals surface area contributed by atoms with Crippen LogP contribution >= 0.6 is 0 Å². The van der Waals surface area contributed by atoms with Gasteiger partial charge in [-0.25, -0.2) is 8.42 Å². The third kappa shape index (κ3) is 6.28. The van der Waals surface area contributed by atoms with E-state index in [9.17, 15) is 22.8 Å². The maximum absolute atomic E-state index is 12.6. The number of esters is 3. The first-order chi connectivity index (χ1) is 11.4.